The Hall–Kier alpha value is -3.08. The van der Waals surface area contributed by atoms with E-state index in [4.69, 9.17) is 4.74 Å². The molecule has 2 heterocycles. The first-order chi connectivity index (χ1) is 16.4. The van der Waals surface area contributed by atoms with E-state index < -0.39 is 12.1 Å². The zero-order chi connectivity index (χ0) is 24.1. The maximum absolute atomic E-state index is 13.3. The SMILES string of the molecule is Cc1ccc(OCC(=O)N2CC3(CCCCC3)C[C@H]2C(=O)N[C@H](C#N)C[C@@H]2CCNC2=O)cc1. The average molecular weight is 467 g/mol. The largest absolute Gasteiger partial charge is 0.484 e. The predicted molar refractivity (Wildman–Crippen MR) is 126 cm³/mol. The summed E-state index contributed by atoms with van der Waals surface area (Å²) < 4.78 is 5.72. The molecule has 3 fully saturated rings. The number of benzene rings is 1. The molecular weight excluding hydrogens is 432 g/mol. The number of amides is 3. The van der Waals surface area contributed by atoms with Gasteiger partial charge in [-0.1, -0.05) is 37.0 Å². The molecule has 34 heavy (non-hydrogen) atoms. The third-order valence-electron chi connectivity index (χ3n) is 7.58. The monoisotopic (exact) mass is 466 g/mol. The standard InChI is InChI=1S/C26H34N4O4/c1-18-5-7-21(8-6-18)34-16-23(31)30-17-26(10-3-2-4-11-26)14-22(30)25(33)29-20(15-27)13-19-9-12-28-24(19)32/h5-8,19-20,22H,2-4,9-14,16-17H2,1H3,(H,28,32)(H,29,33)/t19-,20-,22-/m0/s1. The van der Waals surface area contributed by atoms with Gasteiger partial charge in [-0.3, -0.25) is 14.4 Å². The Labute approximate surface area is 201 Å². The first-order valence-electron chi connectivity index (χ1n) is 12.4. The van der Waals surface area contributed by atoms with Gasteiger partial charge in [-0.05, 0) is 56.6 Å². The highest BCUT2D eigenvalue weighted by Gasteiger charge is 2.49. The molecule has 1 spiro atoms. The highest BCUT2D eigenvalue weighted by atomic mass is 16.5. The minimum Gasteiger partial charge on any atom is -0.484 e. The predicted octanol–water partition coefficient (Wildman–Crippen LogP) is 2.46. The smallest absolute Gasteiger partial charge is 0.261 e. The summed E-state index contributed by atoms with van der Waals surface area (Å²) in [4.78, 5) is 40.1. The van der Waals surface area contributed by atoms with Gasteiger partial charge in [0.05, 0.1) is 6.07 Å². The number of ether oxygens (including phenoxy) is 1. The van der Waals surface area contributed by atoms with Crippen molar-refractivity contribution in [2.45, 2.75) is 70.4 Å². The van der Waals surface area contributed by atoms with E-state index in [2.05, 4.69) is 16.7 Å². The number of nitriles is 1. The Morgan fingerprint density at radius 3 is 2.65 bits per heavy atom. The van der Waals surface area contributed by atoms with Crippen LogP contribution in [-0.2, 0) is 14.4 Å². The van der Waals surface area contributed by atoms with Gasteiger partial charge in [-0.15, -0.1) is 0 Å². The third kappa shape index (κ3) is 5.52. The second kappa shape index (κ2) is 10.5. The van der Waals surface area contributed by atoms with E-state index in [1.807, 2.05) is 31.2 Å². The molecule has 2 saturated heterocycles. The number of hydrogen-bond donors (Lipinski definition) is 2. The highest BCUT2D eigenvalue weighted by molar-refractivity contribution is 5.89. The first kappa shape index (κ1) is 24.1. The van der Waals surface area contributed by atoms with Crippen LogP contribution in [0.3, 0.4) is 0 Å². The van der Waals surface area contributed by atoms with E-state index in [9.17, 15) is 19.6 Å². The van der Waals surface area contributed by atoms with Crippen LogP contribution in [0, 0.1) is 29.6 Å². The van der Waals surface area contributed by atoms with Crippen molar-refractivity contribution in [3.8, 4) is 11.8 Å². The number of carbonyl (C=O) groups is 3. The van der Waals surface area contributed by atoms with Gasteiger partial charge in [-0.2, -0.15) is 5.26 Å². The number of nitrogens with one attached hydrogen (secondary N) is 2. The molecule has 3 amide bonds. The molecule has 8 heteroatoms. The second-order valence-corrected chi connectivity index (χ2v) is 10.1. The van der Waals surface area contributed by atoms with Crippen molar-refractivity contribution in [2.75, 3.05) is 19.7 Å². The first-order valence-corrected chi connectivity index (χ1v) is 12.4. The molecule has 2 aliphatic heterocycles. The summed E-state index contributed by atoms with van der Waals surface area (Å²) in [7, 11) is 0. The van der Waals surface area contributed by atoms with Crippen molar-refractivity contribution in [1.29, 1.82) is 5.26 Å². The summed E-state index contributed by atoms with van der Waals surface area (Å²) in [5.41, 5.74) is 1.06. The number of likely N-dealkylation sites (tertiary alicyclic amines) is 1. The lowest BCUT2D eigenvalue weighted by molar-refractivity contribution is -0.140. The summed E-state index contributed by atoms with van der Waals surface area (Å²) in [6.45, 7) is 3.00. The van der Waals surface area contributed by atoms with E-state index in [-0.39, 0.29) is 42.1 Å². The topological polar surface area (TPSA) is 112 Å². The highest BCUT2D eigenvalue weighted by Crippen LogP contribution is 2.46. The van der Waals surface area contributed by atoms with Crippen molar-refractivity contribution < 1.29 is 19.1 Å². The van der Waals surface area contributed by atoms with Crippen molar-refractivity contribution in [3.05, 3.63) is 29.8 Å². The fourth-order valence-corrected chi connectivity index (χ4v) is 5.65. The van der Waals surface area contributed by atoms with E-state index in [0.29, 0.717) is 31.7 Å². The Morgan fingerprint density at radius 1 is 1.26 bits per heavy atom. The molecule has 0 unspecified atom stereocenters. The summed E-state index contributed by atoms with van der Waals surface area (Å²) in [5.74, 6) is -0.241. The summed E-state index contributed by atoms with van der Waals surface area (Å²) >= 11 is 0. The molecule has 182 valence electrons. The summed E-state index contributed by atoms with van der Waals surface area (Å²) in [5, 5.41) is 15.2. The van der Waals surface area contributed by atoms with Crippen molar-refractivity contribution >= 4 is 17.7 Å². The van der Waals surface area contributed by atoms with E-state index >= 15 is 0 Å². The summed E-state index contributed by atoms with van der Waals surface area (Å²) in [6.07, 6.45) is 6.96. The van der Waals surface area contributed by atoms with Crippen LogP contribution in [0.5, 0.6) is 5.75 Å². The van der Waals surface area contributed by atoms with E-state index in [1.165, 1.54) is 6.42 Å². The molecule has 1 aromatic carbocycles. The molecule has 3 aliphatic rings. The number of carbonyl (C=O) groups excluding carboxylic acids is 3. The molecular formula is C26H34N4O4. The van der Waals surface area contributed by atoms with Crippen molar-refractivity contribution in [2.24, 2.45) is 11.3 Å². The molecule has 3 atom stereocenters. The van der Waals surface area contributed by atoms with Crippen LogP contribution in [0.2, 0.25) is 0 Å². The van der Waals surface area contributed by atoms with Crippen LogP contribution in [0.1, 0.15) is 56.9 Å². The molecule has 8 nitrogen and oxygen atoms in total. The minimum absolute atomic E-state index is 0.0484. The fourth-order valence-electron chi connectivity index (χ4n) is 5.65. The van der Waals surface area contributed by atoms with Gasteiger partial charge < -0.3 is 20.3 Å². The molecule has 0 bridgehead atoms. The normalized spacial score (nSPS) is 24.4. The van der Waals surface area contributed by atoms with E-state index in [1.54, 1.807) is 4.90 Å². The van der Waals surface area contributed by atoms with Gasteiger partial charge in [0.15, 0.2) is 6.61 Å². The molecule has 0 aromatic heterocycles. The van der Waals surface area contributed by atoms with E-state index in [0.717, 1.165) is 31.2 Å². The van der Waals surface area contributed by atoms with Crippen LogP contribution >= 0.6 is 0 Å². The van der Waals surface area contributed by atoms with Gasteiger partial charge in [-0.25, -0.2) is 0 Å². The lowest BCUT2D eigenvalue weighted by Gasteiger charge is -2.33. The Bertz CT molecular complexity index is 949. The van der Waals surface area contributed by atoms with Gasteiger partial charge >= 0.3 is 0 Å². The number of aryl methyl sites for hydroxylation is 1. The van der Waals surface area contributed by atoms with Gasteiger partial charge in [0.25, 0.3) is 5.91 Å². The lowest BCUT2D eigenvalue weighted by Crippen LogP contribution is -2.50. The number of rotatable bonds is 7. The number of hydrogen-bond acceptors (Lipinski definition) is 5. The molecule has 2 N–H and O–H groups in total. The number of nitrogens with zero attached hydrogens (tertiary/aromatic N) is 2. The molecule has 0 radical (unpaired) electrons. The quantitative estimate of drug-likeness (QED) is 0.641. The molecule has 1 aliphatic carbocycles. The molecule has 1 saturated carbocycles. The molecule has 4 rings (SSSR count). The maximum atomic E-state index is 13.3. The van der Waals surface area contributed by atoms with Gasteiger partial charge in [0, 0.05) is 19.0 Å². The zero-order valence-electron chi connectivity index (χ0n) is 19.8. The fraction of sp³-hybridized carbons (Fsp3) is 0.615. The minimum atomic E-state index is -0.759. The Balaban J connectivity index is 1.43. The third-order valence-corrected chi connectivity index (χ3v) is 7.58. The van der Waals surface area contributed by atoms with Crippen LogP contribution in [0.15, 0.2) is 24.3 Å². The van der Waals surface area contributed by atoms with Gasteiger partial charge in [0.2, 0.25) is 11.8 Å². The lowest BCUT2D eigenvalue weighted by atomic mass is 9.72. The van der Waals surface area contributed by atoms with Crippen LogP contribution in [-0.4, -0.2) is 54.4 Å². The average Bonchev–Trinajstić information content (AvgIpc) is 3.42. The van der Waals surface area contributed by atoms with Crippen LogP contribution in [0.25, 0.3) is 0 Å². The molecule has 1 aromatic rings. The summed E-state index contributed by atoms with van der Waals surface area (Å²) in [6, 6.07) is 8.26. The maximum Gasteiger partial charge on any atom is 0.261 e. The van der Waals surface area contributed by atoms with Crippen molar-refractivity contribution in [1.82, 2.24) is 15.5 Å². The van der Waals surface area contributed by atoms with Crippen LogP contribution < -0.4 is 15.4 Å². The Morgan fingerprint density at radius 2 is 2.00 bits per heavy atom. The zero-order valence-corrected chi connectivity index (χ0v) is 19.8. The van der Waals surface area contributed by atoms with Crippen molar-refractivity contribution in [3.63, 3.8) is 0 Å². The van der Waals surface area contributed by atoms with Crippen LogP contribution in [0.4, 0.5) is 0 Å². The van der Waals surface area contributed by atoms with Gasteiger partial charge in [0.1, 0.15) is 17.8 Å². The Kier molecular flexibility index (Phi) is 7.40. The second-order valence-electron chi connectivity index (χ2n) is 10.1.